The smallest absolute Gasteiger partial charge is 0.320 e. The fourth-order valence-electron chi connectivity index (χ4n) is 3.33. The Morgan fingerprint density at radius 2 is 2.00 bits per heavy atom. The molecule has 152 valence electrons. The lowest BCUT2D eigenvalue weighted by atomic mass is 10.1. The van der Waals surface area contributed by atoms with Crippen molar-refractivity contribution in [2.75, 3.05) is 45.7 Å². The standard InChI is InChI=1S/C20H24N6O3/c1-27-17-12-15(23-20(24-17)28-2)14-13-22-19(21-7-10-26-8-3-4-9-26)25-18(14)16-6-5-11-29-16/h5-6,11-13H,3-4,7-10H2,1-2H3,(H,21,22,25). The molecule has 0 saturated carbocycles. The molecule has 0 radical (unpaired) electrons. The van der Waals surface area contributed by atoms with Crippen molar-refractivity contribution in [1.29, 1.82) is 0 Å². The van der Waals surface area contributed by atoms with E-state index in [9.17, 15) is 0 Å². The van der Waals surface area contributed by atoms with Gasteiger partial charge in [-0.15, -0.1) is 0 Å². The topological polar surface area (TPSA) is 98.4 Å². The first-order chi connectivity index (χ1) is 14.3. The van der Waals surface area contributed by atoms with Crippen LogP contribution in [0.1, 0.15) is 12.8 Å². The molecule has 0 atom stereocenters. The highest BCUT2D eigenvalue weighted by Gasteiger charge is 2.18. The molecule has 29 heavy (non-hydrogen) atoms. The second kappa shape index (κ2) is 8.87. The Kier molecular flexibility index (Phi) is 5.85. The number of methoxy groups -OCH3 is 2. The van der Waals surface area contributed by atoms with Gasteiger partial charge >= 0.3 is 6.01 Å². The fourth-order valence-corrected chi connectivity index (χ4v) is 3.33. The fraction of sp³-hybridized carbons (Fsp3) is 0.400. The first-order valence-electron chi connectivity index (χ1n) is 9.61. The molecule has 0 aromatic carbocycles. The van der Waals surface area contributed by atoms with Crippen molar-refractivity contribution in [3.8, 4) is 34.6 Å². The van der Waals surface area contributed by atoms with Crippen LogP contribution in [0.25, 0.3) is 22.7 Å². The Bertz CT molecular complexity index is 919. The van der Waals surface area contributed by atoms with Crippen molar-refractivity contribution >= 4 is 5.95 Å². The van der Waals surface area contributed by atoms with Crippen LogP contribution in [0.3, 0.4) is 0 Å². The Hall–Kier alpha value is -3.20. The number of hydrogen-bond donors (Lipinski definition) is 1. The zero-order valence-corrected chi connectivity index (χ0v) is 16.6. The molecule has 1 N–H and O–H groups in total. The van der Waals surface area contributed by atoms with Gasteiger partial charge in [-0.2, -0.15) is 9.97 Å². The van der Waals surface area contributed by atoms with Gasteiger partial charge in [-0.1, -0.05) is 0 Å². The van der Waals surface area contributed by atoms with Crippen LogP contribution in [0.15, 0.2) is 35.1 Å². The number of furan rings is 1. The number of rotatable bonds is 8. The number of nitrogens with one attached hydrogen (secondary N) is 1. The molecule has 1 aliphatic heterocycles. The highest BCUT2D eigenvalue weighted by Crippen LogP contribution is 2.32. The average molecular weight is 396 g/mol. The summed E-state index contributed by atoms with van der Waals surface area (Å²) >= 11 is 0. The molecule has 9 heteroatoms. The molecular formula is C20H24N6O3. The van der Waals surface area contributed by atoms with Crippen molar-refractivity contribution in [3.63, 3.8) is 0 Å². The van der Waals surface area contributed by atoms with E-state index in [-0.39, 0.29) is 6.01 Å². The number of hydrogen-bond acceptors (Lipinski definition) is 9. The Morgan fingerprint density at radius 3 is 2.72 bits per heavy atom. The SMILES string of the molecule is COc1cc(-c2cnc(NCCN3CCCC3)nc2-c2ccco2)nc(OC)n1. The number of aromatic nitrogens is 4. The van der Waals surface area contributed by atoms with E-state index >= 15 is 0 Å². The Balaban J connectivity index is 1.63. The molecule has 3 aromatic heterocycles. The number of anilines is 1. The van der Waals surface area contributed by atoms with Gasteiger partial charge in [0.2, 0.25) is 11.8 Å². The van der Waals surface area contributed by atoms with Crippen LogP contribution in [-0.4, -0.2) is 65.2 Å². The molecule has 9 nitrogen and oxygen atoms in total. The van der Waals surface area contributed by atoms with Crippen molar-refractivity contribution in [2.24, 2.45) is 0 Å². The van der Waals surface area contributed by atoms with Crippen molar-refractivity contribution in [3.05, 3.63) is 30.7 Å². The van der Waals surface area contributed by atoms with Gasteiger partial charge < -0.3 is 24.1 Å². The van der Waals surface area contributed by atoms with Crippen LogP contribution in [0.2, 0.25) is 0 Å². The third kappa shape index (κ3) is 4.45. The van der Waals surface area contributed by atoms with Crippen molar-refractivity contribution in [2.45, 2.75) is 12.8 Å². The van der Waals surface area contributed by atoms with Crippen LogP contribution < -0.4 is 14.8 Å². The summed E-state index contributed by atoms with van der Waals surface area (Å²) in [6.07, 6.45) is 5.90. The van der Waals surface area contributed by atoms with E-state index in [4.69, 9.17) is 18.9 Å². The minimum absolute atomic E-state index is 0.206. The predicted molar refractivity (Wildman–Crippen MR) is 108 cm³/mol. The molecule has 4 heterocycles. The third-order valence-electron chi connectivity index (χ3n) is 4.80. The van der Waals surface area contributed by atoms with Crippen molar-refractivity contribution in [1.82, 2.24) is 24.8 Å². The zero-order valence-electron chi connectivity index (χ0n) is 16.6. The molecule has 0 aliphatic carbocycles. The Morgan fingerprint density at radius 1 is 1.14 bits per heavy atom. The van der Waals surface area contributed by atoms with Gasteiger partial charge in [-0.3, -0.25) is 0 Å². The van der Waals surface area contributed by atoms with E-state index in [0.29, 0.717) is 34.5 Å². The quantitative estimate of drug-likeness (QED) is 0.616. The van der Waals surface area contributed by atoms with Crippen LogP contribution in [0.4, 0.5) is 5.95 Å². The van der Waals surface area contributed by atoms with E-state index in [2.05, 4.69) is 25.2 Å². The highest BCUT2D eigenvalue weighted by atomic mass is 16.5. The van der Waals surface area contributed by atoms with Crippen LogP contribution in [-0.2, 0) is 0 Å². The lowest BCUT2D eigenvalue weighted by molar-refractivity contribution is 0.352. The first kappa shape index (κ1) is 19.1. The van der Waals surface area contributed by atoms with Crippen LogP contribution in [0, 0.1) is 0 Å². The summed E-state index contributed by atoms with van der Waals surface area (Å²) in [4.78, 5) is 20.2. The molecule has 1 fully saturated rings. The largest absolute Gasteiger partial charge is 0.481 e. The van der Waals surface area contributed by atoms with Gasteiger partial charge in [-0.25, -0.2) is 9.97 Å². The summed E-state index contributed by atoms with van der Waals surface area (Å²) < 4.78 is 16.1. The van der Waals surface area contributed by atoms with E-state index in [1.165, 1.54) is 20.0 Å². The summed E-state index contributed by atoms with van der Waals surface area (Å²) in [5.41, 5.74) is 1.92. The minimum Gasteiger partial charge on any atom is -0.481 e. The molecule has 0 spiro atoms. The molecule has 3 aromatic rings. The van der Waals surface area contributed by atoms with Gasteiger partial charge in [0.1, 0.15) is 5.69 Å². The lowest BCUT2D eigenvalue weighted by Gasteiger charge is -2.15. The minimum atomic E-state index is 0.206. The van der Waals surface area contributed by atoms with E-state index in [1.807, 2.05) is 12.1 Å². The second-order valence-electron chi connectivity index (χ2n) is 6.69. The van der Waals surface area contributed by atoms with Gasteiger partial charge in [0.25, 0.3) is 0 Å². The van der Waals surface area contributed by atoms with Gasteiger partial charge in [-0.05, 0) is 38.1 Å². The van der Waals surface area contributed by atoms with Crippen molar-refractivity contribution < 1.29 is 13.9 Å². The van der Waals surface area contributed by atoms with Gasteiger partial charge in [0.15, 0.2) is 5.76 Å². The summed E-state index contributed by atoms with van der Waals surface area (Å²) in [6.45, 7) is 4.08. The monoisotopic (exact) mass is 396 g/mol. The zero-order chi connectivity index (χ0) is 20.1. The predicted octanol–water partition coefficient (Wildman–Crippen LogP) is 2.72. The molecule has 0 unspecified atom stereocenters. The van der Waals surface area contributed by atoms with E-state index in [0.717, 1.165) is 26.2 Å². The summed E-state index contributed by atoms with van der Waals surface area (Å²) in [6, 6.07) is 5.60. The number of ether oxygens (including phenoxy) is 2. The maximum Gasteiger partial charge on any atom is 0.320 e. The van der Waals surface area contributed by atoms with Gasteiger partial charge in [0, 0.05) is 30.9 Å². The van der Waals surface area contributed by atoms with E-state index in [1.54, 1.807) is 25.6 Å². The Labute approximate surface area is 169 Å². The summed E-state index contributed by atoms with van der Waals surface area (Å²) in [7, 11) is 3.05. The van der Waals surface area contributed by atoms with Crippen LogP contribution in [0.5, 0.6) is 11.9 Å². The van der Waals surface area contributed by atoms with E-state index < -0.39 is 0 Å². The molecule has 0 bridgehead atoms. The maximum atomic E-state index is 5.60. The second-order valence-corrected chi connectivity index (χ2v) is 6.69. The number of nitrogens with zero attached hydrogens (tertiary/aromatic N) is 5. The van der Waals surface area contributed by atoms with Gasteiger partial charge in [0.05, 0.1) is 26.2 Å². The number of likely N-dealkylation sites (tertiary alicyclic amines) is 1. The average Bonchev–Trinajstić information content (AvgIpc) is 3.47. The molecule has 0 amide bonds. The molecule has 4 rings (SSSR count). The molecule has 1 aliphatic rings. The third-order valence-corrected chi connectivity index (χ3v) is 4.80. The maximum absolute atomic E-state index is 5.60. The summed E-state index contributed by atoms with van der Waals surface area (Å²) in [5.74, 6) is 1.57. The first-order valence-corrected chi connectivity index (χ1v) is 9.61. The molecular weight excluding hydrogens is 372 g/mol. The molecule has 1 saturated heterocycles. The lowest BCUT2D eigenvalue weighted by Crippen LogP contribution is -2.26. The summed E-state index contributed by atoms with van der Waals surface area (Å²) in [5, 5.41) is 3.31. The van der Waals surface area contributed by atoms with Crippen LogP contribution >= 0.6 is 0 Å². The highest BCUT2D eigenvalue weighted by molar-refractivity contribution is 5.77. The normalized spacial score (nSPS) is 14.1.